The van der Waals surface area contributed by atoms with E-state index in [9.17, 15) is 4.79 Å². The minimum absolute atomic E-state index is 0.308. The van der Waals surface area contributed by atoms with E-state index in [1.54, 1.807) is 13.0 Å². The molecule has 0 aliphatic carbocycles. The zero-order chi connectivity index (χ0) is 14.4. The van der Waals surface area contributed by atoms with Gasteiger partial charge in [-0.2, -0.15) is 0 Å². The summed E-state index contributed by atoms with van der Waals surface area (Å²) in [5.41, 5.74) is 2.26. The van der Waals surface area contributed by atoms with E-state index in [2.05, 4.69) is 0 Å². The number of aliphatic carboxylic acids is 1. The van der Waals surface area contributed by atoms with Gasteiger partial charge in [-0.1, -0.05) is 42.5 Å². The summed E-state index contributed by atoms with van der Waals surface area (Å²) in [6, 6.07) is 17.3. The lowest BCUT2D eigenvalue weighted by Crippen LogP contribution is -1.96. The molecule has 0 radical (unpaired) electrons. The fourth-order valence-corrected chi connectivity index (χ4v) is 1.71. The first-order valence-electron chi connectivity index (χ1n) is 6.33. The lowest BCUT2D eigenvalue weighted by molar-refractivity contribution is -0.132. The molecular weight excluding hydrogens is 252 g/mol. The van der Waals surface area contributed by atoms with Crippen molar-refractivity contribution >= 4 is 12.0 Å². The van der Waals surface area contributed by atoms with Crippen molar-refractivity contribution < 1.29 is 14.6 Å². The zero-order valence-corrected chi connectivity index (χ0v) is 11.2. The van der Waals surface area contributed by atoms with Gasteiger partial charge >= 0.3 is 5.97 Å². The molecule has 0 saturated heterocycles. The van der Waals surface area contributed by atoms with Gasteiger partial charge in [0.25, 0.3) is 0 Å². The van der Waals surface area contributed by atoms with Crippen LogP contribution in [0, 0.1) is 0 Å². The fraction of sp³-hybridized carbons (Fsp3) is 0.118. The van der Waals surface area contributed by atoms with Gasteiger partial charge in [-0.25, -0.2) is 4.79 Å². The quantitative estimate of drug-likeness (QED) is 0.840. The first-order chi connectivity index (χ1) is 9.65. The van der Waals surface area contributed by atoms with Gasteiger partial charge in [0, 0.05) is 5.57 Å². The topological polar surface area (TPSA) is 46.5 Å². The first-order valence-corrected chi connectivity index (χ1v) is 6.33. The van der Waals surface area contributed by atoms with E-state index in [0.717, 1.165) is 16.9 Å². The maximum absolute atomic E-state index is 10.7. The van der Waals surface area contributed by atoms with Crippen molar-refractivity contribution in [2.24, 2.45) is 0 Å². The molecule has 3 nitrogen and oxygen atoms in total. The second-order valence-corrected chi connectivity index (χ2v) is 4.48. The molecule has 2 aromatic carbocycles. The molecule has 0 heterocycles. The normalized spacial score (nSPS) is 11.2. The van der Waals surface area contributed by atoms with Crippen LogP contribution in [0.15, 0.2) is 60.2 Å². The summed E-state index contributed by atoms with van der Waals surface area (Å²) < 4.78 is 5.66. The number of hydrogen-bond donors (Lipinski definition) is 1. The third-order valence-corrected chi connectivity index (χ3v) is 2.85. The van der Waals surface area contributed by atoms with Crippen LogP contribution in [0.5, 0.6) is 5.75 Å². The second-order valence-electron chi connectivity index (χ2n) is 4.48. The van der Waals surface area contributed by atoms with Crippen molar-refractivity contribution in [1.29, 1.82) is 0 Å². The van der Waals surface area contributed by atoms with Crippen LogP contribution in [0.1, 0.15) is 18.1 Å². The smallest absolute Gasteiger partial charge is 0.331 e. The Labute approximate surface area is 118 Å². The maximum atomic E-state index is 10.7. The van der Waals surface area contributed by atoms with Crippen molar-refractivity contribution in [3.8, 4) is 5.75 Å². The SMILES string of the molecule is C/C(=C\c1ccc(OCc2ccccc2)cc1)C(=O)O. The van der Waals surface area contributed by atoms with E-state index in [1.165, 1.54) is 0 Å². The summed E-state index contributed by atoms with van der Waals surface area (Å²) in [6.45, 7) is 2.09. The van der Waals surface area contributed by atoms with E-state index in [0.29, 0.717) is 12.2 Å². The highest BCUT2D eigenvalue weighted by Crippen LogP contribution is 2.16. The van der Waals surface area contributed by atoms with Crippen LogP contribution in [0.25, 0.3) is 6.08 Å². The Bertz CT molecular complexity index is 598. The minimum Gasteiger partial charge on any atom is -0.489 e. The van der Waals surface area contributed by atoms with Gasteiger partial charge < -0.3 is 9.84 Å². The predicted molar refractivity (Wildman–Crippen MR) is 78.5 cm³/mol. The Kier molecular flexibility index (Phi) is 4.56. The van der Waals surface area contributed by atoms with Gasteiger partial charge in [0.1, 0.15) is 12.4 Å². The molecule has 2 aromatic rings. The van der Waals surface area contributed by atoms with Crippen LogP contribution in [0.4, 0.5) is 0 Å². The van der Waals surface area contributed by atoms with Gasteiger partial charge in [0.15, 0.2) is 0 Å². The van der Waals surface area contributed by atoms with Crippen LogP contribution >= 0.6 is 0 Å². The number of carbonyl (C=O) groups is 1. The average molecular weight is 268 g/mol. The summed E-state index contributed by atoms with van der Waals surface area (Å²) in [4.78, 5) is 10.7. The van der Waals surface area contributed by atoms with E-state index in [4.69, 9.17) is 9.84 Å². The molecule has 0 unspecified atom stereocenters. The first kappa shape index (κ1) is 13.9. The van der Waals surface area contributed by atoms with Gasteiger partial charge in [0.2, 0.25) is 0 Å². The molecule has 0 aromatic heterocycles. The van der Waals surface area contributed by atoms with E-state index < -0.39 is 5.97 Å². The minimum atomic E-state index is -0.908. The Hall–Kier alpha value is -2.55. The molecule has 2 rings (SSSR count). The Morgan fingerprint density at radius 3 is 2.35 bits per heavy atom. The second kappa shape index (κ2) is 6.57. The summed E-state index contributed by atoms with van der Waals surface area (Å²) in [7, 11) is 0. The number of benzene rings is 2. The molecule has 1 N–H and O–H groups in total. The Balaban J connectivity index is 1.98. The Morgan fingerprint density at radius 2 is 1.75 bits per heavy atom. The van der Waals surface area contributed by atoms with Crippen molar-refractivity contribution in [3.05, 3.63) is 71.3 Å². The molecular formula is C17H16O3. The molecule has 3 heteroatoms. The fourth-order valence-electron chi connectivity index (χ4n) is 1.71. The van der Waals surface area contributed by atoms with Crippen LogP contribution in [-0.2, 0) is 11.4 Å². The summed E-state index contributed by atoms with van der Waals surface area (Å²) >= 11 is 0. The van der Waals surface area contributed by atoms with Gasteiger partial charge in [-0.05, 0) is 36.3 Å². The van der Waals surface area contributed by atoms with E-state index in [1.807, 2.05) is 54.6 Å². The van der Waals surface area contributed by atoms with E-state index in [-0.39, 0.29) is 0 Å². The highest BCUT2D eigenvalue weighted by Gasteiger charge is 2.00. The van der Waals surface area contributed by atoms with Gasteiger partial charge in [-0.3, -0.25) is 0 Å². The lowest BCUT2D eigenvalue weighted by atomic mass is 10.1. The predicted octanol–water partition coefficient (Wildman–Crippen LogP) is 3.75. The molecule has 20 heavy (non-hydrogen) atoms. The van der Waals surface area contributed by atoms with E-state index >= 15 is 0 Å². The summed E-state index contributed by atoms with van der Waals surface area (Å²) in [5.74, 6) is -0.145. The molecule has 0 bridgehead atoms. The van der Waals surface area contributed by atoms with Crippen LogP contribution in [-0.4, -0.2) is 11.1 Å². The third kappa shape index (κ3) is 3.99. The number of carboxylic acid groups (broad SMARTS) is 1. The van der Waals surface area contributed by atoms with Crippen molar-refractivity contribution in [2.75, 3.05) is 0 Å². The van der Waals surface area contributed by atoms with Gasteiger partial charge in [0.05, 0.1) is 0 Å². The molecule has 0 aliphatic rings. The molecule has 102 valence electrons. The number of hydrogen-bond acceptors (Lipinski definition) is 2. The standard InChI is InChI=1S/C17H16O3/c1-13(17(18)19)11-14-7-9-16(10-8-14)20-12-15-5-3-2-4-6-15/h2-11H,12H2,1H3,(H,18,19)/b13-11+. The van der Waals surface area contributed by atoms with Crippen molar-refractivity contribution in [2.45, 2.75) is 13.5 Å². The summed E-state index contributed by atoms with van der Waals surface area (Å²) in [6.07, 6.45) is 1.63. The highest BCUT2D eigenvalue weighted by atomic mass is 16.5. The maximum Gasteiger partial charge on any atom is 0.331 e. The highest BCUT2D eigenvalue weighted by molar-refractivity contribution is 5.91. The van der Waals surface area contributed by atoms with Crippen LogP contribution in [0.2, 0.25) is 0 Å². The van der Waals surface area contributed by atoms with Crippen molar-refractivity contribution in [3.63, 3.8) is 0 Å². The molecule has 0 spiro atoms. The summed E-state index contributed by atoms with van der Waals surface area (Å²) in [5, 5.41) is 8.82. The van der Waals surface area contributed by atoms with Crippen LogP contribution < -0.4 is 4.74 Å². The Morgan fingerprint density at radius 1 is 1.10 bits per heavy atom. The molecule has 0 fully saturated rings. The number of carboxylic acids is 1. The monoisotopic (exact) mass is 268 g/mol. The number of ether oxygens (including phenoxy) is 1. The molecule has 0 saturated carbocycles. The van der Waals surface area contributed by atoms with Crippen LogP contribution in [0.3, 0.4) is 0 Å². The third-order valence-electron chi connectivity index (χ3n) is 2.85. The zero-order valence-electron chi connectivity index (χ0n) is 11.2. The molecule has 0 amide bonds. The lowest BCUT2D eigenvalue weighted by Gasteiger charge is -2.06. The number of rotatable bonds is 5. The largest absolute Gasteiger partial charge is 0.489 e. The van der Waals surface area contributed by atoms with Crippen molar-refractivity contribution in [1.82, 2.24) is 0 Å². The van der Waals surface area contributed by atoms with Gasteiger partial charge in [-0.15, -0.1) is 0 Å². The molecule has 0 aliphatic heterocycles. The molecule has 0 atom stereocenters. The average Bonchev–Trinajstić information content (AvgIpc) is 2.47.